The van der Waals surface area contributed by atoms with Crippen LogP contribution in [0.1, 0.15) is 22.3 Å². The first-order valence-electron chi connectivity index (χ1n) is 5.91. The van der Waals surface area contributed by atoms with Gasteiger partial charge in [-0.15, -0.1) is 0 Å². The highest BCUT2D eigenvalue weighted by Crippen LogP contribution is 2.30. The van der Waals surface area contributed by atoms with E-state index >= 15 is 0 Å². The van der Waals surface area contributed by atoms with Gasteiger partial charge in [-0.1, -0.05) is 17.7 Å². The van der Waals surface area contributed by atoms with Crippen LogP contribution in [0.5, 0.6) is 0 Å². The van der Waals surface area contributed by atoms with Gasteiger partial charge in [0.15, 0.2) is 0 Å². The Kier molecular flexibility index (Phi) is 3.35. The minimum Gasteiger partial charge on any atom is -0.205 e. The number of rotatable bonds is 1. The molecule has 0 aliphatic carbocycles. The maximum absolute atomic E-state index is 13.7. The molecular weight excluding hydrogens is 244 g/mol. The molecule has 0 aromatic heterocycles. The summed E-state index contributed by atoms with van der Waals surface area (Å²) in [6.45, 7) is 5.79. The minimum atomic E-state index is -0.822. The molecule has 0 radical (unpaired) electrons. The lowest BCUT2D eigenvalue weighted by Gasteiger charge is -2.12. The molecule has 2 aromatic carbocycles. The zero-order chi connectivity index (χ0) is 14.2. The fourth-order valence-electron chi connectivity index (χ4n) is 2.46. The summed E-state index contributed by atoms with van der Waals surface area (Å²) in [4.78, 5) is 0. The molecule has 0 saturated heterocycles. The summed E-state index contributed by atoms with van der Waals surface area (Å²) < 4.78 is 27.4. The number of benzene rings is 2. The fourth-order valence-corrected chi connectivity index (χ4v) is 2.46. The highest BCUT2D eigenvalue weighted by Gasteiger charge is 2.14. The predicted octanol–water partition coefficient (Wildman–Crippen LogP) is 4.43. The molecule has 96 valence electrons. The largest absolute Gasteiger partial charge is 0.205 e. The Hall–Kier alpha value is -2.21. The zero-order valence-corrected chi connectivity index (χ0v) is 11.0. The molecule has 0 bridgehead atoms. The quantitative estimate of drug-likeness (QED) is 0.741. The number of halogens is 2. The van der Waals surface area contributed by atoms with Gasteiger partial charge < -0.3 is 0 Å². The predicted molar refractivity (Wildman–Crippen MR) is 70.7 cm³/mol. The SMILES string of the molecule is Cc1cc(C)c(-c2cc(F)c(C#N)c(F)c2)c(C)c1. The molecule has 0 spiro atoms. The molecule has 0 aliphatic rings. The number of nitrogens with zero attached hydrogens (tertiary/aromatic N) is 1. The van der Waals surface area contributed by atoms with Gasteiger partial charge in [-0.25, -0.2) is 8.78 Å². The van der Waals surface area contributed by atoms with E-state index in [1.165, 1.54) is 18.2 Å². The standard InChI is InChI=1S/C16H13F2N/c1-9-4-10(2)16(11(3)5-9)12-6-14(17)13(8-19)15(18)7-12/h4-7H,1-3H3. The van der Waals surface area contributed by atoms with Gasteiger partial charge in [0.2, 0.25) is 0 Å². The topological polar surface area (TPSA) is 23.8 Å². The van der Waals surface area contributed by atoms with Gasteiger partial charge in [-0.3, -0.25) is 0 Å². The van der Waals surface area contributed by atoms with Crippen LogP contribution in [0.25, 0.3) is 11.1 Å². The van der Waals surface area contributed by atoms with Crippen molar-refractivity contribution in [3.63, 3.8) is 0 Å². The Balaban J connectivity index is 2.71. The third-order valence-electron chi connectivity index (χ3n) is 3.12. The molecule has 0 atom stereocenters. The molecule has 1 nitrogen and oxygen atoms in total. The summed E-state index contributed by atoms with van der Waals surface area (Å²) >= 11 is 0. The summed E-state index contributed by atoms with van der Waals surface area (Å²) in [6.07, 6.45) is 0. The third kappa shape index (κ3) is 2.34. The summed E-state index contributed by atoms with van der Waals surface area (Å²) in [5, 5.41) is 8.68. The van der Waals surface area contributed by atoms with Crippen LogP contribution in [0.2, 0.25) is 0 Å². The average Bonchev–Trinajstić information content (AvgIpc) is 2.26. The van der Waals surface area contributed by atoms with E-state index in [0.29, 0.717) is 5.56 Å². The molecule has 0 N–H and O–H groups in total. The lowest BCUT2D eigenvalue weighted by atomic mass is 9.93. The third-order valence-corrected chi connectivity index (χ3v) is 3.12. The monoisotopic (exact) mass is 257 g/mol. The molecule has 0 unspecified atom stereocenters. The molecule has 0 amide bonds. The number of hydrogen-bond acceptors (Lipinski definition) is 1. The van der Waals surface area contributed by atoms with Crippen molar-refractivity contribution in [2.24, 2.45) is 0 Å². The first kappa shape index (κ1) is 13.2. The second-order valence-corrected chi connectivity index (χ2v) is 4.70. The van der Waals surface area contributed by atoms with Crippen molar-refractivity contribution < 1.29 is 8.78 Å². The maximum atomic E-state index is 13.7. The van der Waals surface area contributed by atoms with Crippen molar-refractivity contribution in [2.45, 2.75) is 20.8 Å². The summed E-state index contributed by atoms with van der Waals surface area (Å²) in [6, 6.07) is 7.90. The van der Waals surface area contributed by atoms with Crippen molar-refractivity contribution in [3.8, 4) is 17.2 Å². The molecule has 3 heteroatoms. The van der Waals surface area contributed by atoms with Crippen LogP contribution in [0.4, 0.5) is 8.78 Å². The fraction of sp³-hybridized carbons (Fsp3) is 0.188. The minimum absolute atomic E-state index is 0.462. The van der Waals surface area contributed by atoms with Crippen molar-refractivity contribution in [2.75, 3.05) is 0 Å². The molecular formula is C16H13F2N. The van der Waals surface area contributed by atoms with Crippen molar-refractivity contribution in [3.05, 3.63) is 58.2 Å². The second-order valence-electron chi connectivity index (χ2n) is 4.70. The first-order chi connectivity index (χ1) is 8.93. The van der Waals surface area contributed by atoms with Crippen molar-refractivity contribution in [1.82, 2.24) is 0 Å². The van der Waals surface area contributed by atoms with Gasteiger partial charge in [-0.05, 0) is 55.2 Å². The molecule has 0 fully saturated rings. The number of aryl methyl sites for hydroxylation is 3. The molecule has 0 saturated carbocycles. The summed E-state index contributed by atoms with van der Waals surface area (Å²) in [5.41, 5.74) is 3.76. The van der Waals surface area contributed by atoms with Crippen LogP contribution in [0.15, 0.2) is 24.3 Å². The average molecular weight is 257 g/mol. The lowest BCUT2D eigenvalue weighted by Crippen LogP contribution is -1.95. The van der Waals surface area contributed by atoms with Crippen LogP contribution < -0.4 is 0 Å². The normalized spacial score (nSPS) is 10.3. The lowest BCUT2D eigenvalue weighted by molar-refractivity contribution is 0.577. The second kappa shape index (κ2) is 4.81. The molecule has 0 aliphatic heterocycles. The number of hydrogen-bond donors (Lipinski definition) is 0. The van der Waals surface area contributed by atoms with Crippen LogP contribution in [0, 0.1) is 43.7 Å². The van der Waals surface area contributed by atoms with E-state index < -0.39 is 17.2 Å². The van der Waals surface area contributed by atoms with Gasteiger partial charge >= 0.3 is 0 Å². The Labute approximate surface area is 111 Å². The van der Waals surface area contributed by atoms with E-state index in [4.69, 9.17) is 5.26 Å². The van der Waals surface area contributed by atoms with Gasteiger partial charge in [0, 0.05) is 0 Å². The van der Waals surface area contributed by atoms with Crippen molar-refractivity contribution in [1.29, 1.82) is 5.26 Å². The summed E-state index contributed by atoms with van der Waals surface area (Å²) in [7, 11) is 0. The van der Waals surface area contributed by atoms with Crippen LogP contribution >= 0.6 is 0 Å². The Bertz CT molecular complexity index is 650. The van der Waals surface area contributed by atoms with E-state index in [-0.39, 0.29) is 0 Å². The highest BCUT2D eigenvalue weighted by atomic mass is 19.1. The molecule has 19 heavy (non-hydrogen) atoms. The molecule has 2 aromatic rings. The van der Waals surface area contributed by atoms with Crippen LogP contribution in [-0.4, -0.2) is 0 Å². The maximum Gasteiger partial charge on any atom is 0.144 e. The van der Waals surface area contributed by atoms with Gasteiger partial charge in [0.25, 0.3) is 0 Å². The zero-order valence-electron chi connectivity index (χ0n) is 11.0. The Morgan fingerprint density at radius 3 is 1.79 bits per heavy atom. The smallest absolute Gasteiger partial charge is 0.144 e. The first-order valence-corrected chi connectivity index (χ1v) is 5.91. The Morgan fingerprint density at radius 2 is 1.37 bits per heavy atom. The van der Waals surface area contributed by atoms with Crippen molar-refractivity contribution >= 4 is 0 Å². The number of nitriles is 1. The Morgan fingerprint density at radius 1 is 0.895 bits per heavy atom. The van der Waals surface area contributed by atoms with E-state index in [9.17, 15) is 8.78 Å². The van der Waals surface area contributed by atoms with Gasteiger partial charge in [0.1, 0.15) is 23.3 Å². The molecule has 0 heterocycles. The van der Waals surface area contributed by atoms with Gasteiger partial charge in [0.05, 0.1) is 0 Å². The molecule has 2 rings (SSSR count). The van der Waals surface area contributed by atoms with E-state index in [1.807, 2.05) is 32.9 Å². The van der Waals surface area contributed by atoms with Crippen LogP contribution in [0.3, 0.4) is 0 Å². The summed E-state index contributed by atoms with van der Waals surface area (Å²) in [5.74, 6) is -1.64. The van der Waals surface area contributed by atoms with E-state index in [2.05, 4.69) is 0 Å². The van der Waals surface area contributed by atoms with E-state index in [0.717, 1.165) is 22.3 Å². The highest BCUT2D eigenvalue weighted by molar-refractivity contribution is 5.72. The van der Waals surface area contributed by atoms with Crippen LogP contribution in [-0.2, 0) is 0 Å². The van der Waals surface area contributed by atoms with Gasteiger partial charge in [-0.2, -0.15) is 5.26 Å². The van der Waals surface area contributed by atoms with E-state index in [1.54, 1.807) is 0 Å².